The number of hydrogen-bond acceptors (Lipinski definition) is 6. The van der Waals surface area contributed by atoms with Gasteiger partial charge in [-0.3, -0.25) is 19.1 Å². The lowest BCUT2D eigenvalue weighted by atomic mass is 10.2. The molecule has 0 spiro atoms. The summed E-state index contributed by atoms with van der Waals surface area (Å²) in [6.45, 7) is 0.886. The van der Waals surface area contributed by atoms with E-state index in [4.69, 9.17) is 10.5 Å². The zero-order chi connectivity index (χ0) is 22.9. The van der Waals surface area contributed by atoms with E-state index in [0.29, 0.717) is 19.4 Å². The third kappa shape index (κ3) is 5.95. The Bertz CT molecular complexity index is 1120. The summed E-state index contributed by atoms with van der Waals surface area (Å²) >= 11 is 1.65. The molecule has 3 N–H and O–H groups in total. The van der Waals surface area contributed by atoms with Gasteiger partial charge in [-0.25, -0.2) is 4.79 Å². The summed E-state index contributed by atoms with van der Waals surface area (Å²) in [5, 5.41) is 2.00. The average molecular weight is 457 g/mol. The van der Waals surface area contributed by atoms with Crippen molar-refractivity contribution in [3.8, 4) is 0 Å². The molecule has 0 aliphatic carbocycles. The van der Waals surface area contributed by atoms with E-state index in [2.05, 4.69) is 4.98 Å². The first kappa shape index (κ1) is 23.5. The van der Waals surface area contributed by atoms with Crippen LogP contribution in [0.4, 0.5) is 11.5 Å². The molecule has 1 aromatic carbocycles. The van der Waals surface area contributed by atoms with E-state index >= 15 is 0 Å². The van der Waals surface area contributed by atoms with Crippen molar-refractivity contribution >= 4 is 28.7 Å². The van der Waals surface area contributed by atoms with Crippen molar-refractivity contribution in [2.45, 2.75) is 32.2 Å². The molecule has 3 rings (SSSR count). The summed E-state index contributed by atoms with van der Waals surface area (Å²) in [7, 11) is 1.58. The Labute approximate surface area is 190 Å². The van der Waals surface area contributed by atoms with Crippen molar-refractivity contribution in [2.24, 2.45) is 0 Å². The topological polar surface area (TPSA) is 110 Å². The Morgan fingerprint density at radius 2 is 1.94 bits per heavy atom. The fourth-order valence-corrected chi connectivity index (χ4v) is 4.24. The maximum atomic E-state index is 13.1. The molecule has 8 nitrogen and oxygen atoms in total. The van der Waals surface area contributed by atoms with Crippen LogP contribution >= 0.6 is 11.3 Å². The number of H-pyrrole nitrogens is 1. The smallest absolute Gasteiger partial charge is 0.330 e. The van der Waals surface area contributed by atoms with Crippen LogP contribution < -0.4 is 21.9 Å². The summed E-state index contributed by atoms with van der Waals surface area (Å²) in [5.74, 6) is -0.230. The number of carbonyl (C=O) groups is 1. The Hall–Kier alpha value is -3.17. The second-order valence-electron chi connectivity index (χ2n) is 7.39. The summed E-state index contributed by atoms with van der Waals surface area (Å²) in [6.07, 6.45) is 2.24. The lowest BCUT2D eigenvalue weighted by Crippen LogP contribution is -2.42. The molecule has 0 fully saturated rings. The lowest BCUT2D eigenvalue weighted by molar-refractivity contribution is -0.118. The molecule has 0 saturated carbocycles. The number of aromatic amines is 1. The number of amides is 1. The van der Waals surface area contributed by atoms with Crippen LogP contribution in [0.3, 0.4) is 0 Å². The SMILES string of the molecule is COCCCN(C(=O)CCCc1cccs1)c1c(N)n(Cc2ccccc2)c(=O)[nH]c1=O. The Balaban J connectivity index is 1.88. The number of aromatic nitrogens is 2. The van der Waals surface area contributed by atoms with Crippen molar-refractivity contribution in [3.63, 3.8) is 0 Å². The van der Waals surface area contributed by atoms with Gasteiger partial charge in [0.2, 0.25) is 5.91 Å². The van der Waals surface area contributed by atoms with Crippen LogP contribution in [0.15, 0.2) is 57.4 Å². The highest BCUT2D eigenvalue weighted by Gasteiger charge is 2.24. The van der Waals surface area contributed by atoms with Gasteiger partial charge in [-0.2, -0.15) is 0 Å². The second-order valence-corrected chi connectivity index (χ2v) is 8.42. The van der Waals surface area contributed by atoms with Crippen molar-refractivity contribution in [1.29, 1.82) is 0 Å². The number of nitrogens with zero attached hydrogens (tertiary/aromatic N) is 2. The zero-order valence-electron chi connectivity index (χ0n) is 18.1. The van der Waals surface area contributed by atoms with Gasteiger partial charge in [-0.15, -0.1) is 11.3 Å². The number of rotatable bonds is 11. The summed E-state index contributed by atoms with van der Waals surface area (Å²) in [4.78, 5) is 43.2. The van der Waals surface area contributed by atoms with Gasteiger partial charge in [-0.05, 0) is 36.3 Å². The molecule has 2 aromatic heterocycles. The Kier molecular flexibility index (Phi) is 8.41. The summed E-state index contributed by atoms with van der Waals surface area (Å²) in [6, 6.07) is 13.3. The molecule has 0 radical (unpaired) electrons. The van der Waals surface area contributed by atoms with Crippen molar-refractivity contribution in [3.05, 3.63) is 79.1 Å². The van der Waals surface area contributed by atoms with Crippen LogP contribution in [-0.4, -0.2) is 35.7 Å². The predicted octanol–water partition coefficient (Wildman–Crippen LogP) is 2.62. The second kappa shape index (κ2) is 11.4. The minimum absolute atomic E-state index is 0.0118. The highest BCUT2D eigenvalue weighted by atomic mass is 32.1. The number of aryl methyl sites for hydroxylation is 1. The van der Waals surface area contributed by atoms with Gasteiger partial charge in [0.25, 0.3) is 5.56 Å². The quantitative estimate of drug-likeness (QED) is 0.431. The molecular weight excluding hydrogens is 428 g/mol. The maximum absolute atomic E-state index is 13.1. The van der Waals surface area contributed by atoms with Crippen LogP contribution in [0.25, 0.3) is 0 Å². The van der Waals surface area contributed by atoms with E-state index in [-0.39, 0.29) is 36.9 Å². The van der Waals surface area contributed by atoms with Crippen LogP contribution in [0, 0.1) is 0 Å². The molecule has 0 unspecified atom stereocenters. The minimum atomic E-state index is -0.666. The van der Waals surface area contributed by atoms with Gasteiger partial charge in [-0.1, -0.05) is 36.4 Å². The number of anilines is 2. The molecular formula is C23H28N4O4S. The molecule has 32 heavy (non-hydrogen) atoms. The van der Waals surface area contributed by atoms with Gasteiger partial charge in [0.1, 0.15) is 5.82 Å². The Morgan fingerprint density at radius 1 is 1.16 bits per heavy atom. The number of thiophene rings is 1. The molecule has 170 valence electrons. The molecule has 9 heteroatoms. The number of nitrogens with two attached hydrogens (primary N) is 1. The first-order valence-electron chi connectivity index (χ1n) is 10.5. The molecule has 0 bridgehead atoms. The average Bonchev–Trinajstić information content (AvgIpc) is 3.30. The number of carbonyl (C=O) groups excluding carboxylic acids is 1. The van der Waals surface area contributed by atoms with Crippen molar-refractivity contribution < 1.29 is 9.53 Å². The number of benzene rings is 1. The Morgan fingerprint density at radius 3 is 2.62 bits per heavy atom. The minimum Gasteiger partial charge on any atom is -0.385 e. The summed E-state index contributed by atoms with van der Waals surface area (Å²) < 4.78 is 6.40. The van der Waals surface area contributed by atoms with E-state index in [9.17, 15) is 14.4 Å². The van der Waals surface area contributed by atoms with Gasteiger partial charge in [0.15, 0.2) is 5.69 Å². The fourth-order valence-electron chi connectivity index (χ4n) is 3.49. The first-order chi connectivity index (χ1) is 15.5. The van der Waals surface area contributed by atoms with Crippen LogP contribution in [0.2, 0.25) is 0 Å². The molecule has 1 amide bonds. The third-order valence-corrected chi connectivity index (χ3v) is 6.03. The van der Waals surface area contributed by atoms with E-state index in [1.165, 1.54) is 14.3 Å². The van der Waals surface area contributed by atoms with Crippen molar-refractivity contribution in [2.75, 3.05) is 30.9 Å². The molecule has 0 saturated heterocycles. The van der Waals surface area contributed by atoms with Crippen LogP contribution in [0.5, 0.6) is 0 Å². The van der Waals surface area contributed by atoms with Crippen molar-refractivity contribution in [1.82, 2.24) is 9.55 Å². The number of nitrogen functional groups attached to an aromatic ring is 1. The van der Waals surface area contributed by atoms with Gasteiger partial charge in [0, 0.05) is 31.6 Å². The monoisotopic (exact) mass is 456 g/mol. The molecule has 2 heterocycles. The number of ether oxygens (including phenoxy) is 1. The summed E-state index contributed by atoms with van der Waals surface area (Å²) in [5.41, 5.74) is 5.89. The fraction of sp³-hybridized carbons (Fsp3) is 0.348. The number of methoxy groups -OCH3 is 1. The molecule has 0 aliphatic heterocycles. The van der Waals surface area contributed by atoms with E-state index in [1.807, 2.05) is 47.8 Å². The zero-order valence-corrected chi connectivity index (χ0v) is 18.9. The lowest BCUT2D eigenvalue weighted by Gasteiger charge is -2.24. The molecule has 3 aromatic rings. The van der Waals surface area contributed by atoms with E-state index in [1.54, 1.807) is 18.4 Å². The molecule has 0 aliphatic rings. The molecule has 0 atom stereocenters. The van der Waals surface area contributed by atoms with E-state index in [0.717, 1.165) is 12.0 Å². The standard InChI is InChI=1S/C23H28N4O4S/c1-31-14-7-13-26(19(28)12-5-10-18-11-6-15-32-18)20-21(24)27(23(30)25-22(20)29)16-17-8-3-2-4-9-17/h2-4,6,8-9,11,15H,5,7,10,12-14,16,24H2,1H3,(H,25,29,30). The van der Waals surface area contributed by atoms with Crippen LogP contribution in [0.1, 0.15) is 29.7 Å². The van der Waals surface area contributed by atoms with E-state index < -0.39 is 11.2 Å². The highest BCUT2D eigenvalue weighted by Crippen LogP contribution is 2.20. The van der Waals surface area contributed by atoms with Gasteiger partial charge < -0.3 is 15.4 Å². The number of hydrogen-bond donors (Lipinski definition) is 2. The highest BCUT2D eigenvalue weighted by molar-refractivity contribution is 7.09. The normalized spacial score (nSPS) is 10.9. The van der Waals surface area contributed by atoms with Gasteiger partial charge in [0.05, 0.1) is 6.54 Å². The number of nitrogens with one attached hydrogen (secondary N) is 1. The van der Waals surface area contributed by atoms with Crippen LogP contribution in [-0.2, 0) is 22.5 Å². The first-order valence-corrected chi connectivity index (χ1v) is 11.4. The van der Waals surface area contributed by atoms with Gasteiger partial charge >= 0.3 is 5.69 Å². The predicted molar refractivity (Wildman–Crippen MR) is 127 cm³/mol. The third-order valence-electron chi connectivity index (χ3n) is 5.09. The largest absolute Gasteiger partial charge is 0.385 e. The maximum Gasteiger partial charge on any atom is 0.330 e.